The van der Waals surface area contributed by atoms with Crippen molar-refractivity contribution < 1.29 is 27.1 Å². The molecule has 0 radical (unpaired) electrons. The fourth-order valence-corrected chi connectivity index (χ4v) is 9.11. The summed E-state index contributed by atoms with van der Waals surface area (Å²) in [5.41, 5.74) is 6.52. The maximum absolute atomic E-state index is 13.0. The molecule has 1 aromatic heterocycles. The predicted molar refractivity (Wildman–Crippen MR) is 194 cm³/mol. The van der Waals surface area contributed by atoms with Crippen LogP contribution in [0.4, 0.5) is 4.39 Å². The Morgan fingerprint density at radius 2 is 1.74 bits per heavy atom. The Morgan fingerprint density at radius 3 is 2.42 bits per heavy atom. The average Bonchev–Trinajstić information content (AvgIpc) is 3.77. The molecular formula is C40H46FN3O5S. The third kappa shape index (κ3) is 6.72. The van der Waals surface area contributed by atoms with E-state index in [1.807, 2.05) is 24.3 Å². The number of likely N-dealkylation sites (tertiary alicyclic amines) is 1. The minimum absolute atomic E-state index is 0.110. The van der Waals surface area contributed by atoms with E-state index < -0.39 is 21.3 Å². The Kier molecular flexibility index (Phi) is 9.37. The van der Waals surface area contributed by atoms with E-state index in [4.69, 9.17) is 4.74 Å². The lowest BCUT2D eigenvalue weighted by Gasteiger charge is -2.29. The molecule has 1 saturated heterocycles. The molecule has 3 fully saturated rings. The lowest BCUT2D eigenvalue weighted by molar-refractivity contribution is -0.112. The molecule has 2 aliphatic heterocycles. The van der Waals surface area contributed by atoms with E-state index in [0.29, 0.717) is 18.4 Å². The van der Waals surface area contributed by atoms with Crippen molar-refractivity contribution in [1.82, 2.24) is 14.2 Å². The zero-order valence-electron chi connectivity index (χ0n) is 29.1. The molecule has 0 bridgehead atoms. The number of aromatic nitrogens is 1. The van der Waals surface area contributed by atoms with Crippen LogP contribution in [0.5, 0.6) is 5.75 Å². The van der Waals surface area contributed by atoms with Gasteiger partial charge in [-0.2, -0.15) is 0 Å². The Bertz CT molecular complexity index is 2050. The van der Waals surface area contributed by atoms with Crippen LogP contribution in [0, 0.1) is 11.2 Å². The molecule has 2 unspecified atom stereocenters. The van der Waals surface area contributed by atoms with E-state index in [0.717, 1.165) is 96.8 Å². The summed E-state index contributed by atoms with van der Waals surface area (Å²) in [6.45, 7) is 2.79. The van der Waals surface area contributed by atoms with Crippen molar-refractivity contribution in [2.75, 3.05) is 33.5 Å². The second-order valence-corrected chi connectivity index (χ2v) is 16.6. The van der Waals surface area contributed by atoms with Crippen molar-refractivity contribution in [3.05, 3.63) is 88.7 Å². The third-order valence-electron chi connectivity index (χ3n) is 11.4. The van der Waals surface area contributed by atoms with E-state index in [1.165, 1.54) is 30.9 Å². The maximum atomic E-state index is 13.0. The van der Waals surface area contributed by atoms with Gasteiger partial charge in [0.05, 0.1) is 24.5 Å². The Balaban J connectivity index is 0.000000234. The van der Waals surface area contributed by atoms with Crippen molar-refractivity contribution >= 4 is 33.1 Å². The van der Waals surface area contributed by atoms with E-state index in [9.17, 15) is 22.4 Å². The van der Waals surface area contributed by atoms with Crippen LogP contribution in [0.2, 0.25) is 0 Å². The van der Waals surface area contributed by atoms with Gasteiger partial charge in [-0.05, 0) is 129 Å². The van der Waals surface area contributed by atoms with Gasteiger partial charge in [-0.3, -0.25) is 4.79 Å². The SMILES string of the molecule is CN1CCC(c2cccc(F)c2)CC1.COc1ccc2c(c1)C1CC1(C=O)Cn1c-2c(C2CCCCC2)c2ccc(C(=O)NS(C)(=O)=O)cc21. The number of halogens is 1. The van der Waals surface area contributed by atoms with Gasteiger partial charge in [-0.15, -0.1) is 0 Å². The fourth-order valence-electron chi connectivity index (χ4n) is 8.66. The van der Waals surface area contributed by atoms with Gasteiger partial charge in [-0.25, -0.2) is 17.5 Å². The van der Waals surface area contributed by atoms with Gasteiger partial charge in [-0.1, -0.05) is 37.5 Å². The summed E-state index contributed by atoms with van der Waals surface area (Å²) in [6, 6.07) is 18.7. The number of rotatable bonds is 6. The van der Waals surface area contributed by atoms with E-state index in [-0.39, 0.29) is 17.3 Å². The van der Waals surface area contributed by atoms with E-state index in [2.05, 4.69) is 33.4 Å². The first kappa shape index (κ1) is 34.4. The second kappa shape index (κ2) is 13.6. The first-order valence-corrected chi connectivity index (χ1v) is 19.7. The van der Waals surface area contributed by atoms with Crippen molar-refractivity contribution in [2.24, 2.45) is 5.41 Å². The number of piperidine rings is 1. The molecule has 4 aliphatic rings. The third-order valence-corrected chi connectivity index (χ3v) is 11.9. The molecule has 50 heavy (non-hydrogen) atoms. The highest BCUT2D eigenvalue weighted by molar-refractivity contribution is 7.89. The molecule has 8 rings (SSSR count). The van der Waals surface area contributed by atoms with Gasteiger partial charge in [0.15, 0.2) is 0 Å². The van der Waals surface area contributed by atoms with Gasteiger partial charge in [0.25, 0.3) is 5.91 Å². The number of carbonyl (C=O) groups excluding carboxylic acids is 2. The largest absolute Gasteiger partial charge is 0.497 e. The highest BCUT2D eigenvalue weighted by atomic mass is 32.2. The quantitative estimate of drug-likeness (QED) is 0.211. The van der Waals surface area contributed by atoms with Crippen molar-refractivity contribution in [3.8, 4) is 17.0 Å². The number of carbonyl (C=O) groups is 2. The lowest BCUT2D eigenvalue weighted by Crippen LogP contribution is -2.29. The Morgan fingerprint density at radius 1 is 0.980 bits per heavy atom. The number of aldehydes is 1. The summed E-state index contributed by atoms with van der Waals surface area (Å²) in [6.07, 6.45) is 11.0. The predicted octanol–water partition coefficient (Wildman–Crippen LogP) is 7.38. The number of fused-ring (bicyclic) bond motifs is 7. The van der Waals surface area contributed by atoms with E-state index >= 15 is 0 Å². The van der Waals surface area contributed by atoms with Crippen LogP contribution in [-0.4, -0.2) is 63.6 Å². The number of amides is 1. The molecule has 2 atom stereocenters. The highest BCUT2D eigenvalue weighted by Gasteiger charge is 2.58. The summed E-state index contributed by atoms with van der Waals surface area (Å²) in [4.78, 5) is 27.5. The molecule has 3 heterocycles. The number of nitrogens with zero attached hydrogens (tertiary/aromatic N) is 2. The smallest absolute Gasteiger partial charge is 0.264 e. The van der Waals surface area contributed by atoms with Crippen LogP contribution in [0.25, 0.3) is 22.2 Å². The van der Waals surface area contributed by atoms with Gasteiger partial charge in [0.1, 0.15) is 17.9 Å². The number of hydrogen-bond acceptors (Lipinski definition) is 6. The molecule has 10 heteroatoms. The van der Waals surface area contributed by atoms with Crippen LogP contribution in [0.15, 0.2) is 60.7 Å². The molecule has 8 nitrogen and oxygen atoms in total. The van der Waals surface area contributed by atoms with Crippen molar-refractivity contribution in [3.63, 3.8) is 0 Å². The molecule has 2 saturated carbocycles. The van der Waals surface area contributed by atoms with Crippen LogP contribution in [-0.2, 0) is 21.4 Å². The monoisotopic (exact) mass is 699 g/mol. The zero-order valence-corrected chi connectivity index (χ0v) is 29.9. The highest BCUT2D eigenvalue weighted by Crippen LogP contribution is 2.64. The normalized spacial score (nSPS) is 22.3. The van der Waals surface area contributed by atoms with Gasteiger partial charge in [0, 0.05) is 28.6 Å². The molecule has 1 N–H and O–H groups in total. The molecule has 4 aromatic rings. The summed E-state index contributed by atoms with van der Waals surface area (Å²) >= 11 is 0. The van der Waals surface area contributed by atoms with Gasteiger partial charge >= 0.3 is 0 Å². The van der Waals surface area contributed by atoms with Crippen LogP contribution in [0.1, 0.15) is 96.2 Å². The van der Waals surface area contributed by atoms with Gasteiger partial charge < -0.3 is 19.0 Å². The summed E-state index contributed by atoms with van der Waals surface area (Å²) < 4.78 is 46.2. The topological polar surface area (TPSA) is 97.7 Å². The molecule has 0 spiro atoms. The van der Waals surface area contributed by atoms with Crippen LogP contribution in [0.3, 0.4) is 0 Å². The van der Waals surface area contributed by atoms with E-state index in [1.54, 1.807) is 25.3 Å². The minimum atomic E-state index is -3.69. The molecular weight excluding hydrogens is 654 g/mol. The summed E-state index contributed by atoms with van der Waals surface area (Å²) in [7, 11) is 0.112. The lowest BCUT2D eigenvalue weighted by atomic mass is 9.81. The number of sulfonamides is 1. The minimum Gasteiger partial charge on any atom is -0.497 e. The van der Waals surface area contributed by atoms with Crippen molar-refractivity contribution in [2.45, 2.75) is 75.7 Å². The van der Waals surface area contributed by atoms with Crippen LogP contribution < -0.4 is 9.46 Å². The Hall–Kier alpha value is -4.02. The number of methoxy groups -OCH3 is 1. The number of ether oxygens (including phenoxy) is 1. The summed E-state index contributed by atoms with van der Waals surface area (Å²) in [5.74, 6) is 1.10. The fraction of sp³-hybridized carbons (Fsp3) is 0.450. The first-order valence-electron chi connectivity index (χ1n) is 17.8. The zero-order chi connectivity index (χ0) is 35.2. The molecule has 3 aromatic carbocycles. The molecule has 1 amide bonds. The standard InChI is InChI=1S/C28H30N2O5S.C12H16FN/c1-35-19-9-11-20-22(13-19)23-14-28(23,16-31)15-30-24-12-18(27(32)29-36(2,33)34)8-10-21(24)25(26(20)30)17-6-4-3-5-7-17;1-14-7-5-10(6-8-14)11-3-2-4-12(13)9-11/h8-13,16-17,23H,3-7,14-15H2,1-2H3,(H,29,32);2-4,9-10H,5-8H2,1H3. The maximum Gasteiger partial charge on any atom is 0.264 e. The average molecular weight is 700 g/mol. The molecule has 264 valence electrons. The number of hydrogen-bond donors (Lipinski definition) is 1. The number of nitrogens with one attached hydrogen (secondary N) is 1. The van der Waals surface area contributed by atoms with Gasteiger partial charge in [0.2, 0.25) is 10.0 Å². The Labute approximate surface area is 294 Å². The first-order chi connectivity index (χ1) is 24.0. The number of benzene rings is 3. The summed E-state index contributed by atoms with van der Waals surface area (Å²) in [5, 5.41) is 1.08. The van der Waals surface area contributed by atoms with Crippen LogP contribution >= 0.6 is 0 Å². The second-order valence-electron chi connectivity index (χ2n) is 14.8. The van der Waals surface area contributed by atoms with Crippen molar-refractivity contribution in [1.29, 1.82) is 0 Å². The molecule has 2 aliphatic carbocycles.